The van der Waals surface area contributed by atoms with Crippen LogP contribution in [0.3, 0.4) is 0 Å². The van der Waals surface area contributed by atoms with Gasteiger partial charge in [-0.05, 0) is 108 Å². The Balaban J connectivity index is 1.40. The van der Waals surface area contributed by atoms with Crippen molar-refractivity contribution < 1.29 is 44.2 Å². The van der Waals surface area contributed by atoms with Crippen LogP contribution in [0.4, 0.5) is 0 Å². The first-order valence-corrected chi connectivity index (χ1v) is 21.2. The molecule has 0 spiro atoms. The van der Waals surface area contributed by atoms with Gasteiger partial charge in [-0.2, -0.15) is 0 Å². The number of hydrogen-bond acceptors (Lipinski definition) is 13. The Kier molecular flexibility index (Phi) is 13.1. The van der Waals surface area contributed by atoms with Crippen LogP contribution in [0, 0.1) is 65.1 Å². The Morgan fingerprint density at radius 1 is 1.02 bits per heavy atom. The standard InChI is InChI=1S/C42H66N4O9/c1-3-23(20-47)41(52)54-32-18-30-38(51)36-31(50)17-28(21-48)53-40(36)37-35(25-12-13-45-34(44)16-25)29(24-6-4-8-27(49)15-24)9-5-7-26(42(32,2)55-39(30)37)14-22-10-11-33(43)46-19-22/h3,22,24-30,32-40,45-49,51H,4,6-8,10-21,43-44H2,1-2H3/t22?,24?,25?,26-,27?,28?,29-,30?,32+,33?,34?,35?,36?,37?,38?,39?,40?,42+/m1/s1. The zero-order chi connectivity index (χ0) is 39.0. The lowest BCUT2D eigenvalue weighted by molar-refractivity contribution is -0.304. The smallest absolute Gasteiger partial charge is 0.336 e. The van der Waals surface area contributed by atoms with E-state index in [1.807, 2.05) is 6.92 Å². The first-order valence-electron chi connectivity index (χ1n) is 21.2. The van der Waals surface area contributed by atoms with Crippen LogP contribution in [0.1, 0.15) is 90.9 Å². The monoisotopic (exact) mass is 770 g/mol. The molecule has 5 heterocycles. The van der Waals surface area contributed by atoms with E-state index in [9.17, 15) is 30.0 Å². The van der Waals surface area contributed by atoms with Crippen molar-refractivity contribution in [2.45, 2.75) is 145 Å². The second-order valence-corrected chi connectivity index (χ2v) is 18.1. The minimum Gasteiger partial charge on any atom is -0.456 e. The lowest BCUT2D eigenvalue weighted by Gasteiger charge is -2.62. The third-order valence-electron chi connectivity index (χ3n) is 14.9. The van der Waals surface area contributed by atoms with E-state index in [0.29, 0.717) is 19.3 Å². The molecule has 0 amide bonds. The number of nitrogens with one attached hydrogen (secondary N) is 2. The highest BCUT2D eigenvalue weighted by atomic mass is 16.6. The summed E-state index contributed by atoms with van der Waals surface area (Å²) in [4.78, 5) is 27.8. The number of allylic oxidation sites excluding steroid dienone is 1. The molecule has 10 N–H and O–H groups in total. The minimum absolute atomic E-state index is 0.000922. The first-order chi connectivity index (χ1) is 26.4. The third-order valence-corrected chi connectivity index (χ3v) is 14.9. The maximum absolute atomic E-state index is 14.2. The number of ether oxygens (including phenoxy) is 3. The predicted molar refractivity (Wildman–Crippen MR) is 203 cm³/mol. The van der Waals surface area contributed by atoms with Gasteiger partial charge in [0.25, 0.3) is 0 Å². The van der Waals surface area contributed by atoms with Crippen molar-refractivity contribution >= 4 is 11.8 Å². The molecular weight excluding hydrogens is 704 g/mol. The highest BCUT2D eigenvalue weighted by Crippen LogP contribution is 2.57. The van der Waals surface area contributed by atoms with Crippen LogP contribution < -0.4 is 22.1 Å². The Hall–Kier alpha value is -1.96. The summed E-state index contributed by atoms with van der Waals surface area (Å²) in [6, 6.07) is 0. The third kappa shape index (κ3) is 8.33. The summed E-state index contributed by atoms with van der Waals surface area (Å²) in [6.45, 7) is 4.39. The zero-order valence-electron chi connectivity index (χ0n) is 32.7. The van der Waals surface area contributed by atoms with Gasteiger partial charge in [-0.25, -0.2) is 4.79 Å². The van der Waals surface area contributed by atoms with Crippen molar-refractivity contribution in [1.29, 1.82) is 0 Å². The maximum Gasteiger partial charge on any atom is 0.336 e. The average molecular weight is 771 g/mol. The van der Waals surface area contributed by atoms with Gasteiger partial charge in [-0.1, -0.05) is 18.4 Å². The van der Waals surface area contributed by atoms with Crippen molar-refractivity contribution in [3.05, 3.63) is 11.6 Å². The molecule has 0 radical (unpaired) electrons. The fourth-order valence-electron chi connectivity index (χ4n) is 12.0. The molecule has 2 saturated carbocycles. The van der Waals surface area contributed by atoms with Crippen molar-refractivity contribution in [3.8, 4) is 11.8 Å². The SMILES string of the molecule is CC=C(CO)C(=O)O[C@H]1CC2C(O)C3C(=O)CC(CO)OC3C3C2O[C@@]1(C)[C@@H](CC1CCC(N)NC1)CC#C[C@H](C1CCCC(O)C1)C3C1CCNC(N)C1. The van der Waals surface area contributed by atoms with Gasteiger partial charge in [0.15, 0.2) is 0 Å². The number of Topliss-reactive ketones (excluding diaryl/α,β-unsaturated/α-hetero) is 1. The van der Waals surface area contributed by atoms with Crippen molar-refractivity contribution in [3.63, 3.8) is 0 Å². The Labute approximate surface area is 326 Å². The van der Waals surface area contributed by atoms with Gasteiger partial charge in [0, 0.05) is 36.5 Å². The Morgan fingerprint density at radius 3 is 2.53 bits per heavy atom. The van der Waals surface area contributed by atoms with Gasteiger partial charge < -0.3 is 56.7 Å². The van der Waals surface area contributed by atoms with E-state index in [-0.39, 0.29) is 78.6 Å². The molecule has 55 heavy (non-hydrogen) atoms. The van der Waals surface area contributed by atoms with Gasteiger partial charge in [-0.15, -0.1) is 5.92 Å². The number of hydrogen-bond donors (Lipinski definition) is 8. The molecule has 2 aliphatic carbocycles. The highest BCUT2D eigenvalue weighted by molar-refractivity contribution is 5.88. The lowest BCUT2D eigenvalue weighted by atomic mass is 9.53. The first kappa shape index (κ1) is 41.2. The van der Waals surface area contributed by atoms with E-state index in [2.05, 4.69) is 22.5 Å². The molecule has 18 atom stereocenters. The lowest BCUT2D eigenvalue weighted by Crippen LogP contribution is -2.71. The van der Waals surface area contributed by atoms with E-state index in [0.717, 1.165) is 58.0 Å². The second-order valence-electron chi connectivity index (χ2n) is 18.1. The quantitative estimate of drug-likeness (QED) is 0.0987. The minimum atomic E-state index is -1.13. The number of ketones is 1. The number of carbonyl (C=O) groups is 2. The number of esters is 1. The molecule has 6 fully saturated rings. The summed E-state index contributed by atoms with van der Waals surface area (Å²) >= 11 is 0. The van der Waals surface area contributed by atoms with Gasteiger partial charge in [0.2, 0.25) is 0 Å². The average Bonchev–Trinajstić information content (AvgIpc) is 3.16. The van der Waals surface area contributed by atoms with E-state index in [1.165, 1.54) is 0 Å². The molecule has 5 aliphatic heterocycles. The zero-order valence-corrected chi connectivity index (χ0v) is 32.7. The molecule has 2 bridgehead atoms. The number of aliphatic hydroxyl groups excluding tert-OH is 4. The Morgan fingerprint density at radius 2 is 1.84 bits per heavy atom. The summed E-state index contributed by atoms with van der Waals surface area (Å²) in [7, 11) is 0. The molecule has 13 nitrogen and oxygen atoms in total. The van der Waals surface area contributed by atoms with E-state index in [4.69, 9.17) is 25.7 Å². The number of nitrogens with two attached hydrogens (primary N) is 2. The maximum atomic E-state index is 14.2. The van der Waals surface area contributed by atoms with Gasteiger partial charge >= 0.3 is 5.97 Å². The number of fused-ring (bicyclic) bond motifs is 3. The van der Waals surface area contributed by atoms with Crippen LogP contribution in [0.25, 0.3) is 0 Å². The van der Waals surface area contributed by atoms with E-state index in [1.54, 1.807) is 13.0 Å². The Bertz CT molecular complexity index is 1460. The van der Waals surface area contributed by atoms with Gasteiger partial charge in [0.05, 0.1) is 67.6 Å². The predicted octanol–water partition coefficient (Wildman–Crippen LogP) is 1.09. The van der Waals surface area contributed by atoms with Crippen LogP contribution >= 0.6 is 0 Å². The van der Waals surface area contributed by atoms with Crippen molar-refractivity contribution in [2.24, 2.45) is 64.7 Å². The molecule has 7 rings (SSSR count). The summed E-state index contributed by atoms with van der Waals surface area (Å²) in [6.07, 6.45) is 4.87. The molecule has 7 aliphatic rings. The molecule has 13 heteroatoms. The van der Waals surface area contributed by atoms with Crippen LogP contribution in [-0.4, -0.2) is 113 Å². The molecule has 0 aromatic heterocycles. The van der Waals surface area contributed by atoms with Crippen molar-refractivity contribution in [2.75, 3.05) is 26.3 Å². The summed E-state index contributed by atoms with van der Waals surface area (Å²) in [5.41, 5.74) is 12.0. The fraction of sp³-hybridized carbons (Fsp3) is 0.857. The summed E-state index contributed by atoms with van der Waals surface area (Å²) in [5, 5.41) is 50.7. The largest absolute Gasteiger partial charge is 0.456 e. The van der Waals surface area contributed by atoms with E-state index < -0.39 is 72.6 Å². The van der Waals surface area contributed by atoms with Crippen LogP contribution in [-0.2, 0) is 23.8 Å². The summed E-state index contributed by atoms with van der Waals surface area (Å²) < 4.78 is 20.7. The fourth-order valence-corrected chi connectivity index (χ4v) is 12.0. The highest BCUT2D eigenvalue weighted by Gasteiger charge is 2.65. The second kappa shape index (κ2) is 17.5. The summed E-state index contributed by atoms with van der Waals surface area (Å²) in [5.74, 6) is 4.90. The molecule has 0 aromatic carbocycles. The van der Waals surface area contributed by atoms with Crippen molar-refractivity contribution in [1.82, 2.24) is 10.6 Å². The number of rotatable bonds is 8. The number of aliphatic hydroxyl groups is 4. The number of piperidine rings is 2. The molecule has 14 unspecified atom stereocenters. The van der Waals surface area contributed by atoms with Gasteiger partial charge in [0.1, 0.15) is 17.5 Å². The molecule has 308 valence electrons. The molecule has 4 saturated heterocycles. The van der Waals surface area contributed by atoms with Crippen LogP contribution in [0.5, 0.6) is 0 Å². The van der Waals surface area contributed by atoms with Gasteiger partial charge in [-0.3, -0.25) is 4.79 Å². The van der Waals surface area contributed by atoms with Crippen LogP contribution in [0.15, 0.2) is 11.6 Å². The molecule has 0 aromatic rings. The molecular formula is C42H66N4O9. The van der Waals surface area contributed by atoms with E-state index >= 15 is 0 Å². The van der Waals surface area contributed by atoms with Crippen LogP contribution in [0.2, 0.25) is 0 Å². The topological polar surface area (TPSA) is 219 Å². The number of carbonyl (C=O) groups excluding carboxylic acids is 2. The normalized spacial score (nSPS) is 47.8.